The van der Waals surface area contributed by atoms with Gasteiger partial charge in [0.25, 0.3) is 10.0 Å². The normalized spacial score (nSPS) is 11.9. The number of ether oxygens (including phenoxy) is 1. The quantitative estimate of drug-likeness (QED) is 0.438. The first-order valence-corrected chi connectivity index (χ1v) is 13.3. The number of nitrogens with one attached hydrogen (secondary N) is 1. The van der Waals surface area contributed by atoms with E-state index in [1.807, 2.05) is 38.1 Å². The topological polar surface area (TPSA) is 96.0 Å². The SMILES string of the molecule is CNC(=O)C(C)N(Cc1cccc(C)c1)C(=O)CN(c1ccc(OC)cc1)S(=O)(=O)c1ccc(C)cc1. The predicted molar refractivity (Wildman–Crippen MR) is 144 cm³/mol. The van der Waals surface area contributed by atoms with Crippen LogP contribution in [-0.4, -0.2) is 51.9 Å². The maximum atomic E-state index is 13.8. The van der Waals surface area contributed by atoms with Crippen molar-refractivity contribution >= 4 is 27.5 Å². The van der Waals surface area contributed by atoms with Crippen molar-refractivity contribution in [1.29, 1.82) is 0 Å². The van der Waals surface area contributed by atoms with Gasteiger partial charge in [0.15, 0.2) is 0 Å². The number of methoxy groups -OCH3 is 1. The van der Waals surface area contributed by atoms with Gasteiger partial charge in [-0.25, -0.2) is 8.42 Å². The number of hydrogen-bond donors (Lipinski definition) is 1. The molecule has 3 aromatic rings. The van der Waals surface area contributed by atoms with E-state index in [4.69, 9.17) is 4.74 Å². The maximum absolute atomic E-state index is 13.8. The van der Waals surface area contributed by atoms with Crippen LogP contribution in [0.4, 0.5) is 5.69 Å². The van der Waals surface area contributed by atoms with Gasteiger partial charge in [-0.05, 0) is 62.7 Å². The average molecular weight is 524 g/mol. The predicted octanol–water partition coefficient (Wildman–Crippen LogP) is 3.67. The molecule has 0 aliphatic carbocycles. The van der Waals surface area contributed by atoms with E-state index in [0.717, 1.165) is 21.0 Å². The summed E-state index contributed by atoms with van der Waals surface area (Å²) >= 11 is 0. The van der Waals surface area contributed by atoms with Crippen LogP contribution in [0.25, 0.3) is 0 Å². The van der Waals surface area contributed by atoms with Crippen LogP contribution in [0.2, 0.25) is 0 Å². The zero-order valence-corrected chi connectivity index (χ0v) is 22.6. The molecule has 8 nitrogen and oxygen atoms in total. The van der Waals surface area contributed by atoms with Crippen LogP contribution < -0.4 is 14.4 Å². The number of likely N-dealkylation sites (N-methyl/N-ethyl adjacent to an activating group) is 1. The zero-order valence-electron chi connectivity index (χ0n) is 21.8. The van der Waals surface area contributed by atoms with Crippen LogP contribution in [0.3, 0.4) is 0 Å². The minimum absolute atomic E-state index is 0.0614. The molecule has 3 rings (SSSR count). The Kier molecular flexibility index (Phi) is 8.94. The van der Waals surface area contributed by atoms with Crippen LogP contribution >= 0.6 is 0 Å². The molecule has 0 heterocycles. The van der Waals surface area contributed by atoms with Gasteiger partial charge in [-0.3, -0.25) is 13.9 Å². The summed E-state index contributed by atoms with van der Waals surface area (Å²) in [5.41, 5.74) is 3.06. The summed E-state index contributed by atoms with van der Waals surface area (Å²) < 4.78 is 33.8. The number of carbonyl (C=O) groups excluding carboxylic acids is 2. The van der Waals surface area contributed by atoms with Gasteiger partial charge in [-0.15, -0.1) is 0 Å². The van der Waals surface area contributed by atoms with Crippen molar-refractivity contribution in [3.63, 3.8) is 0 Å². The molecule has 0 fully saturated rings. The van der Waals surface area contributed by atoms with Gasteiger partial charge >= 0.3 is 0 Å². The van der Waals surface area contributed by atoms with E-state index in [1.165, 1.54) is 31.2 Å². The van der Waals surface area contributed by atoms with Crippen molar-refractivity contribution in [2.75, 3.05) is 25.0 Å². The molecule has 0 aliphatic rings. The molecule has 196 valence electrons. The summed E-state index contributed by atoms with van der Waals surface area (Å²) in [5, 5.41) is 2.58. The van der Waals surface area contributed by atoms with Gasteiger partial charge < -0.3 is 15.0 Å². The lowest BCUT2D eigenvalue weighted by Gasteiger charge is -2.32. The highest BCUT2D eigenvalue weighted by Gasteiger charge is 2.32. The highest BCUT2D eigenvalue weighted by atomic mass is 32.2. The largest absolute Gasteiger partial charge is 0.497 e. The fourth-order valence-corrected chi connectivity index (χ4v) is 5.33. The Morgan fingerprint density at radius 3 is 2.16 bits per heavy atom. The highest BCUT2D eigenvalue weighted by molar-refractivity contribution is 7.92. The molecular weight excluding hydrogens is 490 g/mol. The Morgan fingerprint density at radius 2 is 1.59 bits per heavy atom. The number of anilines is 1. The molecule has 9 heteroatoms. The Labute approximate surface area is 218 Å². The van der Waals surface area contributed by atoms with E-state index in [9.17, 15) is 18.0 Å². The lowest BCUT2D eigenvalue weighted by Crippen LogP contribution is -2.50. The molecule has 37 heavy (non-hydrogen) atoms. The molecule has 0 bridgehead atoms. The summed E-state index contributed by atoms with van der Waals surface area (Å²) in [6.45, 7) is 5.09. The van der Waals surface area contributed by atoms with E-state index in [0.29, 0.717) is 11.4 Å². The summed E-state index contributed by atoms with van der Waals surface area (Å²) in [7, 11) is -1.09. The van der Waals surface area contributed by atoms with Crippen LogP contribution in [0.5, 0.6) is 5.75 Å². The summed E-state index contributed by atoms with van der Waals surface area (Å²) in [6, 6.07) is 19.7. The number of amides is 2. The smallest absolute Gasteiger partial charge is 0.264 e. The second kappa shape index (κ2) is 11.9. The minimum Gasteiger partial charge on any atom is -0.497 e. The van der Waals surface area contributed by atoms with Crippen molar-refractivity contribution in [3.8, 4) is 5.75 Å². The maximum Gasteiger partial charge on any atom is 0.264 e. The fraction of sp³-hybridized carbons (Fsp3) is 0.286. The average Bonchev–Trinajstić information content (AvgIpc) is 2.89. The third kappa shape index (κ3) is 6.68. The zero-order chi connectivity index (χ0) is 27.2. The molecule has 1 atom stereocenters. The molecule has 0 saturated heterocycles. The molecule has 3 aromatic carbocycles. The molecule has 1 unspecified atom stereocenters. The number of carbonyl (C=O) groups is 2. The number of nitrogens with zero attached hydrogens (tertiary/aromatic N) is 2. The van der Waals surface area contributed by atoms with Crippen LogP contribution in [0.15, 0.2) is 77.7 Å². The number of hydrogen-bond acceptors (Lipinski definition) is 5. The highest BCUT2D eigenvalue weighted by Crippen LogP contribution is 2.27. The van der Waals surface area contributed by atoms with Gasteiger partial charge in [0, 0.05) is 13.6 Å². The van der Waals surface area contributed by atoms with Crippen molar-refractivity contribution in [1.82, 2.24) is 10.2 Å². The Morgan fingerprint density at radius 1 is 0.946 bits per heavy atom. The standard InChI is InChI=1S/C28H33N3O5S/c1-20-9-15-26(16-10-20)37(34,35)31(24-11-13-25(36-5)14-12-24)19-27(32)30(22(3)28(33)29-4)18-23-8-6-7-21(2)17-23/h6-17,22H,18-19H2,1-5H3,(H,29,33). The number of benzene rings is 3. The van der Waals surface area contributed by atoms with Crippen LogP contribution in [-0.2, 0) is 26.2 Å². The Hall–Kier alpha value is -3.85. The first-order chi connectivity index (χ1) is 17.6. The summed E-state index contributed by atoms with van der Waals surface area (Å²) in [4.78, 5) is 27.7. The van der Waals surface area contributed by atoms with E-state index in [-0.39, 0.29) is 17.3 Å². The monoisotopic (exact) mass is 523 g/mol. The molecule has 0 radical (unpaired) electrons. The molecule has 0 aromatic heterocycles. The molecule has 0 saturated carbocycles. The van der Waals surface area contributed by atoms with Crippen LogP contribution in [0.1, 0.15) is 23.6 Å². The van der Waals surface area contributed by atoms with Gasteiger partial charge in [0.2, 0.25) is 11.8 Å². The Bertz CT molecular complexity index is 1340. The van der Waals surface area contributed by atoms with E-state index in [2.05, 4.69) is 5.32 Å². The Balaban J connectivity index is 2.03. The lowest BCUT2D eigenvalue weighted by molar-refractivity contribution is -0.139. The molecular formula is C28H33N3O5S. The summed E-state index contributed by atoms with van der Waals surface area (Å²) in [5.74, 6) is -0.306. The summed E-state index contributed by atoms with van der Waals surface area (Å²) in [6.07, 6.45) is 0. The van der Waals surface area contributed by atoms with Crippen molar-refractivity contribution in [2.24, 2.45) is 0 Å². The lowest BCUT2D eigenvalue weighted by atomic mass is 10.1. The van der Waals surface area contributed by atoms with Gasteiger partial charge in [-0.1, -0.05) is 47.5 Å². The number of aryl methyl sites for hydroxylation is 2. The van der Waals surface area contributed by atoms with Gasteiger partial charge in [-0.2, -0.15) is 0 Å². The molecule has 1 N–H and O–H groups in total. The number of rotatable bonds is 10. The van der Waals surface area contributed by atoms with Crippen molar-refractivity contribution in [3.05, 3.63) is 89.5 Å². The third-order valence-corrected chi connectivity index (χ3v) is 7.89. The number of sulfonamides is 1. The molecule has 0 spiro atoms. The molecule has 0 aliphatic heterocycles. The minimum atomic E-state index is -4.11. The first kappa shape index (κ1) is 27.7. The second-order valence-electron chi connectivity index (χ2n) is 8.82. The van der Waals surface area contributed by atoms with Gasteiger partial charge in [0.05, 0.1) is 17.7 Å². The van der Waals surface area contributed by atoms with E-state index in [1.54, 1.807) is 43.3 Å². The second-order valence-corrected chi connectivity index (χ2v) is 10.7. The van der Waals surface area contributed by atoms with Crippen molar-refractivity contribution < 1.29 is 22.7 Å². The third-order valence-electron chi connectivity index (χ3n) is 6.10. The van der Waals surface area contributed by atoms with Crippen LogP contribution in [0, 0.1) is 13.8 Å². The first-order valence-electron chi connectivity index (χ1n) is 11.9. The van der Waals surface area contributed by atoms with Gasteiger partial charge in [0.1, 0.15) is 18.3 Å². The fourth-order valence-electron chi connectivity index (χ4n) is 3.91. The van der Waals surface area contributed by atoms with Crippen molar-refractivity contribution in [2.45, 2.75) is 38.3 Å². The molecule has 2 amide bonds. The van der Waals surface area contributed by atoms with E-state index < -0.39 is 28.5 Å². The van der Waals surface area contributed by atoms with E-state index >= 15 is 0 Å².